The molecule has 0 saturated heterocycles. The van der Waals surface area contributed by atoms with Crippen LogP contribution in [0.3, 0.4) is 0 Å². The van der Waals surface area contributed by atoms with Crippen molar-refractivity contribution >= 4 is 11.9 Å². The lowest BCUT2D eigenvalue weighted by atomic mass is 10.1. The van der Waals surface area contributed by atoms with Crippen molar-refractivity contribution in [2.45, 2.75) is 27.4 Å². The molecule has 0 saturated carbocycles. The van der Waals surface area contributed by atoms with E-state index in [9.17, 15) is 9.59 Å². The number of carbonyl (C=O) groups is 2. The first kappa shape index (κ1) is 16.9. The smallest absolute Gasteiger partial charge is 0.355 e. The van der Waals surface area contributed by atoms with Gasteiger partial charge in [-0.15, -0.1) is 0 Å². The quantitative estimate of drug-likeness (QED) is 0.839. The number of fused-ring (bicyclic) bond motifs is 1. The van der Waals surface area contributed by atoms with Crippen LogP contribution in [0.1, 0.15) is 44.6 Å². The normalized spacial score (nSPS) is 12.1. The van der Waals surface area contributed by atoms with Gasteiger partial charge in [0.05, 0.1) is 12.2 Å². The zero-order chi connectivity index (χ0) is 18.0. The summed E-state index contributed by atoms with van der Waals surface area (Å²) >= 11 is 0. The number of ether oxygens (including phenoxy) is 4. The number of benzene rings is 1. The highest BCUT2D eigenvalue weighted by Gasteiger charge is 2.24. The molecule has 1 N–H and O–H groups in total. The highest BCUT2D eigenvalue weighted by atomic mass is 16.7. The Balaban J connectivity index is 1.72. The summed E-state index contributed by atoms with van der Waals surface area (Å²) in [5, 5.41) is 0. The van der Waals surface area contributed by atoms with Crippen molar-refractivity contribution < 1.29 is 28.5 Å². The summed E-state index contributed by atoms with van der Waals surface area (Å²) in [5.41, 5.74) is 2.50. The van der Waals surface area contributed by atoms with Gasteiger partial charge in [0.15, 0.2) is 11.5 Å². The molecular weight excluding hydrogens is 326 g/mol. The fourth-order valence-electron chi connectivity index (χ4n) is 2.72. The van der Waals surface area contributed by atoms with Crippen molar-refractivity contribution in [2.24, 2.45) is 0 Å². The van der Waals surface area contributed by atoms with Gasteiger partial charge in [-0.3, -0.25) is 0 Å². The van der Waals surface area contributed by atoms with Crippen LogP contribution in [0.15, 0.2) is 18.2 Å². The zero-order valence-corrected chi connectivity index (χ0v) is 14.3. The van der Waals surface area contributed by atoms with E-state index in [1.807, 2.05) is 6.07 Å². The molecule has 25 heavy (non-hydrogen) atoms. The Morgan fingerprint density at radius 1 is 1.12 bits per heavy atom. The molecule has 1 aromatic heterocycles. The van der Waals surface area contributed by atoms with Crippen molar-refractivity contribution in [1.82, 2.24) is 4.98 Å². The average molecular weight is 345 g/mol. The van der Waals surface area contributed by atoms with Crippen molar-refractivity contribution in [3.63, 3.8) is 0 Å². The van der Waals surface area contributed by atoms with E-state index in [1.54, 1.807) is 32.9 Å². The molecule has 0 spiro atoms. The van der Waals surface area contributed by atoms with Gasteiger partial charge in [0.25, 0.3) is 0 Å². The van der Waals surface area contributed by atoms with Gasteiger partial charge in [-0.25, -0.2) is 9.59 Å². The molecule has 0 aliphatic carbocycles. The fourth-order valence-corrected chi connectivity index (χ4v) is 2.72. The third kappa shape index (κ3) is 3.31. The lowest BCUT2D eigenvalue weighted by molar-refractivity contribution is 0.0471. The van der Waals surface area contributed by atoms with Crippen LogP contribution in [0.25, 0.3) is 0 Å². The Kier molecular flexibility index (Phi) is 4.65. The van der Waals surface area contributed by atoms with Crippen LogP contribution in [0.4, 0.5) is 0 Å². The maximum absolute atomic E-state index is 12.4. The van der Waals surface area contributed by atoms with Gasteiger partial charge in [0.1, 0.15) is 12.3 Å². The molecule has 0 amide bonds. The molecule has 2 heterocycles. The third-order valence-electron chi connectivity index (χ3n) is 3.93. The van der Waals surface area contributed by atoms with Gasteiger partial charge in [-0.2, -0.15) is 0 Å². The van der Waals surface area contributed by atoms with Crippen molar-refractivity contribution in [2.75, 3.05) is 13.4 Å². The second kappa shape index (κ2) is 6.88. The van der Waals surface area contributed by atoms with Crippen LogP contribution in [-0.2, 0) is 16.1 Å². The molecule has 1 aromatic carbocycles. The summed E-state index contributed by atoms with van der Waals surface area (Å²) < 4.78 is 20.9. The topological polar surface area (TPSA) is 86.9 Å². The van der Waals surface area contributed by atoms with Crippen LogP contribution in [0.2, 0.25) is 0 Å². The Morgan fingerprint density at radius 3 is 2.64 bits per heavy atom. The van der Waals surface area contributed by atoms with Crippen LogP contribution in [0, 0.1) is 13.8 Å². The van der Waals surface area contributed by atoms with E-state index in [4.69, 9.17) is 18.9 Å². The maximum Gasteiger partial charge on any atom is 0.355 e. The number of carbonyl (C=O) groups excluding carboxylic acids is 2. The Hall–Kier alpha value is -2.96. The van der Waals surface area contributed by atoms with E-state index in [1.165, 1.54) is 0 Å². The van der Waals surface area contributed by atoms with E-state index in [-0.39, 0.29) is 25.7 Å². The summed E-state index contributed by atoms with van der Waals surface area (Å²) in [6, 6.07) is 5.36. The minimum atomic E-state index is -0.500. The van der Waals surface area contributed by atoms with Gasteiger partial charge in [-0.05, 0) is 44.0 Å². The second-order valence-electron chi connectivity index (χ2n) is 5.61. The number of hydrogen-bond acceptors (Lipinski definition) is 6. The van der Waals surface area contributed by atoms with Crippen LogP contribution < -0.4 is 9.47 Å². The largest absolute Gasteiger partial charge is 0.461 e. The van der Waals surface area contributed by atoms with Gasteiger partial charge in [0.2, 0.25) is 6.79 Å². The average Bonchev–Trinajstić information content (AvgIpc) is 3.16. The molecule has 1 aliphatic rings. The van der Waals surface area contributed by atoms with Crippen LogP contribution in [-0.4, -0.2) is 30.3 Å². The summed E-state index contributed by atoms with van der Waals surface area (Å²) in [6.07, 6.45) is 0. The molecule has 7 nitrogen and oxygen atoms in total. The highest BCUT2D eigenvalue weighted by molar-refractivity contribution is 5.98. The summed E-state index contributed by atoms with van der Waals surface area (Å²) in [4.78, 5) is 27.2. The fraction of sp³-hybridized carbons (Fsp3) is 0.333. The Bertz CT molecular complexity index is 823. The monoisotopic (exact) mass is 345 g/mol. The van der Waals surface area contributed by atoms with Gasteiger partial charge in [0, 0.05) is 5.69 Å². The summed E-state index contributed by atoms with van der Waals surface area (Å²) in [5.74, 6) is 0.316. The van der Waals surface area contributed by atoms with Gasteiger partial charge < -0.3 is 23.9 Å². The number of aromatic amines is 1. The molecule has 3 rings (SSSR count). The number of nitrogens with one attached hydrogen (secondary N) is 1. The standard InChI is InChI=1S/C18H19NO6/c1-4-22-18(21)16-10(2)15(11(3)19-16)17(20)23-8-12-5-6-13-14(7-12)25-9-24-13/h5-7,19H,4,8-9H2,1-3H3. The van der Waals surface area contributed by atoms with E-state index in [0.717, 1.165) is 5.56 Å². The molecule has 0 fully saturated rings. The first-order valence-electron chi connectivity index (χ1n) is 7.93. The number of aromatic nitrogens is 1. The third-order valence-corrected chi connectivity index (χ3v) is 3.93. The number of rotatable bonds is 5. The van der Waals surface area contributed by atoms with E-state index in [2.05, 4.69) is 4.98 Å². The highest BCUT2D eigenvalue weighted by Crippen LogP contribution is 2.32. The maximum atomic E-state index is 12.4. The predicted molar refractivity (Wildman–Crippen MR) is 87.9 cm³/mol. The zero-order valence-electron chi connectivity index (χ0n) is 14.3. The van der Waals surface area contributed by atoms with E-state index < -0.39 is 11.9 Å². The number of esters is 2. The lowest BCUT2D eigenvalue weighted by Gasteiger charge is -2.07. The molecule has 132 valence electrons. The first-order valence-corrected chi connectivity index (χ1v) is 7.93. The van der Waals surface area contributed by atoms with Gasteiger partial charge in [-0.1, -0.05) is 6.07 Å². The summed E-state index contributed by atoms with van der Waals surface area (Å²) in [6.45, 7) is 5.68. The van der Waals surface area contributed by atoms with Crippen molar-refractivity contribution in [1.29, 1.82) is 0 Å². The van der Waals surface area contributed by atoms with E-state index in [0.29, 0.717) is 28.3 Å². The Morgan fingerprint density at radius 2 is 1.88 bits per heavy atom. The SMILES string of the molecule is CCOC(=O)c1[nH]c(C)c(C(=O)OCc2ccc3c(c2)OCO3)c1C. The van der Waals surface area contributed by atoms with Crippen LogP contribution in [0.5, 0.6) is 11.5 Å². The second-order valence-corrected chi connectivity index (χ2v) is 5.61. The number of aryl methyl sites for hydroxylation is 1. The molecular formula is C18H19NO6. The summed E-state index contributed by atoms with van der Waals surface area (Å²) in [7, 11) is 0. The molecule has 0 unspecified atom stereocenters. The lowest BCUT2D eigenvalue weighted by Crippen LogP contribution is -2.09. The van der Waals surface area contributed by atoms with Crippen molar-refractivity contribution in [3.8, 4) is 11.5 Å². The minimum Gasteiger partial charge on any atom is -0.461 e. The molecule has 0 radical (unpaired) electrons. The minimum absolute atomic E-state index is 0.0915. The Labute approximate surface area is 144 Å². The van der Waals surface area contributed by atoms with Crippen molar-refractivity contribution in [3.05, 3.63) is 46.3 Å². The first-order chi connectivity index (χ1) is 12.0. The molecule has 7 heteroatoms. The number of H-pyrrole nitrogens is 1. The molecule has 0 atom stereocenters. The predicted octanol–water partition coefficient (Wildman–Crippen LogP) is 2.89. The molecule has 1 aliphatic heterocycles. The molecule has 2 aromatic rings. The molecule has 0 bridgehead atoms. The van der Waals surface area contributed by atoms with Crippen LogP contribution >= 0.6 is 0 Å². The number of hydrogen-bond donors (Lipinski definition) is 1. The van der Waals surface area contributed by atoms with Gasteiger partial charge >= 0.3 is 11.9 Å². The van der Waals surface area contributed by atoms with E-state index >= 15 is 0 Å².